The number of ketones is 2. The highest BCUT2D eigenvalue weighted by atomic mass is 16.3. The van der Waals surface area contributed by atoms with Gasteiger partial charge in [0.15, 0.2) is 0 Å². The molecule has 0 aromatic heterocycles. The summed E-state index contributed by atoms with van der Waals surface area (Å²) in [6.45, 7) is 3.18. The lowest BCUT2D eigenvalue weighted by Gasteiger charge is -2.21. The van der Waals surface area contributed by atoms with Crippen LogP contribution in [0.4, 0.5) is 0 Å². The molecule has 1 saturated heterocycles. The molecule has 0 radical (unpaired) electrons. The Labute approximate surface area is 82.9 Å². The van der Waals surface area contributed by atoms with Gasteiger partial charge in [0.25, 0.3) is 0 Å². The number of carbonyl (C=O) groups is 2. The lowest BCUT2D eigenvalue weighted by atomic mass is 10.0. The minimum absolute atomic E-state index is 0.269. The standard InChI is InChI=1S/C10H15NO3/c1-10(14)6-7(8(12)9(10)13)11-4-2-3-5-11/h7,14H,2-6H2,1H3. The maximum atomic E-state index is 11.6. The number of likely N-dealkylation sites (tertiary alicyclic amines) is 1. The highest BCUT2D eigenvalue weighted by Gasteiger charge is 2.50. The molecule has 1 saturated carbocycles. The van der Waals surface area contributed by atoms with Crippen LogP contribution in [0.2, 0.25) is 0 Å². The third kappa shape index (κ3) is 1.38. The summed E-state index contributed by atoms with van der Waals surface area (Å²) in [5, 5.41) is 9.67. The van der Waals surface area contributed by atoms with Crippen LogP contribution in [0.3, 0.4) is 0 Å². The van der Waals surface area contributed by atoms with Crippen LogP contribution in [-0.4, -0.2) is 46.3 Å². The number of aliphatic hydroxyl groups is 1. The predicted octanol–water partition coefficient (Wildman–Crippen LogP) is -0.256. The van der Waals surface area contributed by atoms with Crippen LogP contribution in [0, 0.1) is 0 Å². The maximum absolute atomic E-state index is 11.6. The fourth-order valence-electron chi connectivity index (χ4n) is 2.33. The lowest BCUT2D eigenvalue weighted by Crippen LogP contribution is -2.37. The molecule has 1 aliphatic heterocycles. The first-order chi connectivity index (χ1) is 6.52. The molecule has 0 amide bonds. The summed E-state index contributed by atoms with van der Waals surface area (Å²) in [4.78, 5) is 24.9. The van der Waals surface area contributed by atoms with Crippen molar-refractivity contribution in [2.75, 3.05) is 13.1 Å². The summed E-state index contributed by atoms with van der Waals surface area (Å²) in [7, 11) is 0. The molecule has 0 aromatic carbocycles. The highest BCUT2D eigenvalue weighted by Crippen LogP contribution is 2.29. The van der Waals surface area contributed by atoms with Crippen molar-refractivity contribution < 1.29 is 14.7 Å². The normalized spacial score (nSPS) is 39.7. The topological polar surface area (TPSA) is 57.6 Å². The fourth-order valence-corrected chi connectivity index (χ4v) is 2.33. The lowest BCUT2D eigenvalue weighted by molar-refractivity contribution is -0.142. The maximum Gasteiger partial charge on any atom is 0.231 e. The summed E-state index contributed by atoms with van der Waals surface area (Å²) in [5.74, 6) is -1.02. The Morgan fingerprint density at radius 3 is 2.36 bits per heavy atom. The number of rotatable bonds is 1. The van der Waals surface area contributed by atoms with Gasteiger partial charge in [-0.25, -0.2) is 0 Å². The second kappa shape index (κ2) is 3.14. The van der Waals surface area contributed by atoms with Gasteiger partial charge in [0.05, 0.1) is 6.04 Å². The average molecular weight is 197 g/mol. The quantitative estimate of drug-likeness (QED) is 0.589. The zero-order valence-corrected chi connectivity index (χ0v) is 8.32. The van der Waals surface area contributed by atoms with Gasteiger partial charge in [0, 0.05) is 6.42 Å². The minimum atomic E-state index is -1.43. The molecule has 0 aromatic rings. The second-order valence-corrected chi connectivity index (χ2v) is 4.43. The van der Waals surface area contributed by atoms with Gasteiger partial charge in [-0.3, -0.25) is 14.5 Å². The first kappa shape index (κ1) is 9.80. The van der Waals surface area contributed by atoms with Crippen molar-refractivity contribution in [3.8, 4) is 0 Å². The Hall–Kier alpha value is -0.740. The van der Waals surface area contributed by atoms with Crippen LogP contribution in [-0.2, 0) is 9.59 Å². The highest BCUT2D eigenvalue weighted by molar-refractivity contribution is 6.44. The summed E-state index contributed by atoms with van der Waals surface area (Å²) in [6.07, 6.45) is 2.44. The number of Topliss-reactive ketones (excluding diaryl/α,β-unsaturated/α-hetero) is 2. The largest absolute Gasteiger partial charge is 0.382 e. The van der Waals surface area contributed by atoms with E-state index in [1.165, 1.54) is 6.92 Å². The number of nitrogens with zero attached hydrogens (tertiary/aromatic N) is 1. The SMILES string of the molecule is CC1(O)CC(N2CCCC2)C(=O)C1=O. The molecule has 14 heavy (non-hydrogen) atoms. The van der Waals surface area contributed by atoms with Crippen molar-refractivity contribution in [3.05, 3.63) is 0 Å². The minimum Gasteiger partial charge on any atom is -0.382 e. The molecule has 2 rings (SSSR count). The van der Waals surface area contributed by atoms with E-state index in [1.807, 2.05) is 4.90 Å². The molecule has 2 atom stereocenters. The number of carbonyl (C=O) groups excluding carboxylic acids is 2. The number of hydrogen-bond acceptors (Lipinski definition) is 4. The van der Waals surface area contributed by atoms with Gasteiger partial charge < -0.3 is 5.11 Å². The van der Waals surface area contributed by atoms with Gasteiger partial charge in [-0.15, -0.1) is 0 Å². The van der Waals surface area contributed by atoms with E-state index in [9.17, 15) is 14.7 Å². The Kier molecular flexibility index (Phi) is 2.20. The van der Waals surface area contributed by atoms with E-state index in [0.29, 0.717) is 0 Å². The molecule has 2 aliphatic rings. The van der Waals surface area contributed by atoms with E-state index in [2.05, 4.69) is 0 Å². The molecule has 1 heterocycles. The van der Waals surface area contributed by atoms with Crippen LogP contribution >= 0.6 is 0 Å². The fraction of sp³-hybridized carbons (Fsp3) is 0.800. The zero-order valence-electron chi connectivity index (χ0n) is 8.32. The molecule has 4 nitrogen and oxygen atoms in total. The molecule has 1 aliphatic carbocycles. The summed E-state index contributed by atoms with van der Waals surface area (Å²) < 4.78 is 0. The third-order valence-corrected chi connectivity index (χ3v) is 3.19. The van der Waals surface area contributed by atoms with Gasteiger partial charge in [-0.05, 0) is 32.9 Å². The molecule has 78 valence electrons. The summed E-state index contributed by atoms with van der Waals surface area (Å²) in [6, 6.07) is -0.361. The molecule has 1 N–H and O–H groups in total. The molecule has 0 bridgehead atoms. The Morgan fingerprint density at radius 1 is 1.36 bits per heavy atom. The van der Waals surface area contributed by atoms with Gasteiger partial charge in [-0.1, -0.05) is 0 Å². The smallest absolute Gasteiger partial charge is 0.231 e. The van der Waals surface area contributed by atoms with Crippen molar-refractivity contribution in [2.24, 2.45) is 0 Å². The van der Waals surface area contributed by atoms with Gasteiger partial charge >= 0.3 is 0 Å². The third-order valence-electron chi connectivity index (χ3n) is 3.19. The summed E-state index contributed by atoms with van der Waals surface area (Å²) >= 11 is 0. The van der Waals surface area contributed by atoms with Crippen molar-refractivity contribution in [1.82, 2.24) is 4.90 Å². The number of hydrogen-bond donors (Lipinski definition) is 1. The molecular weight excluding hydrogens is 182 g/mol. The van der Waals surface area contributed by atoms with Gasteiger partial charge in [0.1, 0.15) is 5.60 Å². The average Bonchev–Trinajstić information content (AvgIpc) is 2.69. The first-order valence-corrected chi connectivity index (χ1v) is 5.07. The first-order valence-electron chi connectivity index (χ1n) is 5.07. The van der Waals surface area contributed by atoms with Crippen molar-refractivity contribution in [1.29, 1.82) is 0 Å². The Bertz CT molecular complexity index is 279. The molecule has 4 heteroatoms. The Balaban J connectivity index is 2.15. The second-order valence-electron chi connectivity index (χ2n) is 4.43. The molecule has 2 fully saturated rings. The van der Waals surface area contributed by atoms with Crippen molar-refractivity contribution in [2.45, 2.75) is 37.8 Å². The van der Waals surface area contributed by atoms with E-state index in [4.69, 9.17) is 0 Å². The van der Waals surface area contributed by atoms with Crippen LogP contribution < -0.4 is 0 Å². The van der Waals surface area contributed by atoms with Crippen LogP contribution in [0.25, 0.3) is 0 Å². The van der Waals surface area contributed by atoms with Gasteiger partial charge in [-0.2, -0.15) is 0 Å². The monoisotopic (exact) mass is 197 g/mol. The summed E-state index contributed by atoms with van der Waals surface area (Å²) in [5.41, 5.74) is -1.43. The van der Waals surface area contributed by atoms with E-state index < -0.39 is 17.2 Å². The van der Waals surface area contributed by atoms with Crippen molar-refractivity contribution >= 4 is 11.6 Å². The predicted molar refractivity (Wildman–Crippen MR) is 49.8 cm³/mol. The Morgan fingerprint density at radius 2 is 1.93 bits per heavy atom. The van der Waals surface area contributed by atoms with E-state index >= 15 is 0 Å². The van der Waals surface area contributed by atoms with Crippen LogP contribution in [0.15, 0.2) is 0 Å². The molecular formula is C10H15NO3. The molecule has 0 spiro atoms. The van der Waals surface area contributed by atoms with Crippen LogP contribution in [0.1, 0.15) is 26.2 Å². The van der Waals surface area contributed by atoms with Gasteiger partial charge in [0.2, 0.25) is 11.6 Å². The van der Waals surface area contributed by atoms with E-state index in [-0.39, 0.29) is 12.5 Å². The zero-order chi connectivity index (χ0) is 10.3. The van der Waals surface area contributed by atoms with Crippen LogP contribution in [0.5, 0.6) is 0 Å². The van der Waals surface area contributed by atoms with Crippen molar-refractivity contribution in [3.63, 3.8) is 0 Å². The van der Waals surface area contributed by atoms with E-state index in [1.54, 1.807) is 0 Å². The van der Waals surface area contributed by atoms with E-state index in [0.717, 1.165) is 25.9 Å². The molecule has 2 unspecified atom stereocenters.